The molecule has 3 aromatic carbocycles. The molecule has 4 rings (SSSR count). The van der Waals surface area contributed by atoms with Crippen molar-refractivity contribution in [3.05, 3.63) is 82.7 Å². The number of nitrogens with one attached hydrogen (secondary N) is 1. The lowest BCUT2D eigenvalue weighted by molar-refractivity contribution is 1.01. The molecule has 3 aromatic rings. The second kappa shape index (κ2) is 4.53. The largest absolute Gasteiger partial charge is 0.381 e. The summed E-state index contributed by atoms with van der Waals surface area (Å²) in [6.45, 7) is 0.880. The number of hydrogen-bond acceptors (Lipinski definition) is 1. The Bertz CT molecular complexity index is 892. The van der Waals surface area contributed by atoms with Crippen molar-refractivity contribution in [2.75, 3.05) is 6.54 Å². The van der Waals surface area contributed by atoms with Crippen LogP contribution >= 0.6 is 0 Å². The summed E-state index contributed by atoms with van der Waals surface area (Å²) in [7, 11) is 0. The van der Waals surface area contributed by atoms with Crippen molar-refractivity contribution < 1.29 is 0 Å². The molecule has 0 radical (unpaired) electrons. The fourth-order valence-electron chi connectivity index (χ4n) is 2.95. The summed E-state index contributed by atoms with van der Waals surface area (Å²) in [5, 5.41) is 8.79. The minimum Gasteiger partial charge on any atom is -0.381 e. The lowest BCUT2D eigenvalue weighted by Gasteiger charge is -2.15. The van der Waals surface area contributed by atoms with Gasteiger partial charge in [-0.2, -0.15) is 0 Å². The molecule has 1 heterocycles. The summed E-state index contributed by atoms with van der Waals surface area (Å²) >= 11 is 0. The Morgan fingerprint density at radius 3 is 2.45 bits per heavy atom. The Hall–Kier alpha value is -2.54. The normalized spacial score (nSPS) is 13.5. The van der Waals surface area contributed by atoms with Crippen LogP contribution in [0.15, 0.2) is 66.7 Å². The molecule has 1 nitrogen and oxygen atoms in total. The Morgan fingerprint density at radius 1 is 0.750 bits per heavy atom. The molecule has 0 bridgehead atoms. The zero-order valence-electron chi connectivity index (χ0n) is 11.1. The second-order valence-corrected chi connectivity index (χ2v) is 5.07. The van der Waals surface area contributed by atoms with Gasteiger partial charge in [0.05, 0.1) is 0 Å². The van der Waals surface area contributed by atoms with E-state index in [0.29, 0.717) is 0 Å². The SMILES string of the molecule is C1=c2c(ccc3ccccc23)=C(c2ccccc2)NC1. The summed E-state index contributed by atoms with van der Waals surface area (Å²) in [6, 6.07) is 23.6. The molecule has 0 aliphatic carbocycles. The highest BCUT2D eigenvalue weighted by atomic mass is 14.9. The number of rotatable bonds is 1. The molecule has 0 saturated heterocycles. The Morgan fingerprint density at radius 2 is 1.55 bits per heavy atom. The molecule has 20 heavy (non-hydrogen) atoms. The van der Waals surface area contributed by atoms with Crippen molar-refractivity contribution in [3.8, 4) is 0 Å². The van der Waals surface area contributed by atoms with Crippen LogP contribution in [0.5, 0.6) is 0 Å². The number of fused-ring (bicyclic) bond motifs is 3. The van der Waals surface area contributed by atoms with Crippen molar-refractivity contribution in [1.29, 1.82) is 0 Å². The first-order valence-electron chi connectivity index (χ1n) is 6.95. The Labute approximate surface area is 117 Å². The van der Waals surface area contributed by atoms with Gasteiger partial charge in [-0.15, -0.1) is 0 Å². The zero-order chi connectivity index (χ0) is 13.4. The minimum absolute atomic E-state index is 0.880. The van der Waals surface area contributed by atoms with E-state index in [2.05, 4.69) is 78.1 Å². The maximum Gasteiger partial charge on any atom is 0.0496 e. The smallest absolute Gasteiger partial charge is 0.0496 e. The van der Waals surface area contributed by atoms with Gasteiger partial charge in [0.1, 0.15) is 0 Å². The van der Waals surface area contributed by atoms with E-state index in [1.165, 1.54) is 32.5 Å². The molecule has 0 saturated carbocycles. The van der Waals surface area contributed by atoms with Crippen LogP contribution in [-0.4, -0.2) is 6.54 Å². The number of benzene rings is 3. The standard InChI is InChI=1S/C19H15N/c1-2-7-15(8-3-1)19-18-11-10-14-6-4-5-9-16(14)17(18)12-13-20-19/h1-12,20H,13H2. The second-order valence-electron chi connectivity index (χ2n) is 5.07. The molecular weight excluding hydrogens is 242 g/mol. The molecule has 1 N–H and O–H groups in total. The van der Waals surface area contributed by atoms with Crippen LogP contribution in [0.4, 0.5) is 0 Å². The molecule has 0 unspecified atom stereocenters. The van der Waals surface area contributed by atoms with Crippen molar-refractivity contribution in [2.45, 2.75) is 0 Å². The van der Waals surface area contributed by atoms with Gasteiger partial charge in [0.2, 0.25) is 0 Å². The predicted molar refractivity (Wildman–Crippen MR) is 84.6 cm³/mol. The number of hydrogen-bond donors (Lipinski definition) is 1. The molecule has 96 valence electrons. The first-order chi connectivity index (χ1) is 9.93. The first-order valence-corrected chi connectivity index (χ1v) is 6.95. The maximum atomic E-state index is 3.52. The van der Waals surface area contributed by atoms with E-state index in [0.717, 1.165) is 6.54 Å². The van der Waals surface area contributed by atoms with Crippen LogP contribution in [0, 0.1) is 0 Å². The van der Waals surface area contributed by atoms with E-state index in [-0.39, 0.29) is 0 Å². The third-order valence-electron chi connectivity index (χ3n) is 3.89. The average Bonchev–Trinajstić information content (AvgIpc) is 2.55. The molecule has 0 fully saturated rings. The first kappa shape index (κ1) is 11.3. The monoisotopic (exact) mass is 257 g/mol. The van der Waals surface area contributed by atoms with Gasteiger partial charge in [-0.3, -0.25) is 0 Å². The van der Waals surface area contributed by atoms with Crippen molar-refractivity contribution in [3.63, 3.8) is 0 Å². The zero-order valence-corrected chi connectivity index (χ0v) is 11.1. The molecule has 0 atom stereocenters. The van der Waals surface area contributed by atoms with Crippen LogP contribution < -0.4 is 15.8 Å². The summed E-state index contributed by atoms with van der Waals surface area (Å²) in [4.78, 5) is 0. The fraction of sp³-hybridized carbons (Fsp3) is 0.0526. The van der Waals surface area contributed by atoms with E-state index in [1.807, 2.05) is 0 Å². The van der Waals surface area contributed by atoms with Gasteiger partial charge in [0, 0.05) is 17.5 Å². The molecule has 1 aliphatic heterocycles. The van der Waals surface area contributed by atoms with Gasteiger partial charge in [-0.1, -0.05) is 72.8 Å². The van der Waals surface area contributed by atoms with E-state index < -0.39 is 0 Å². The van der Waals surface area contributed by atoms with E-state index in [1.54, 1.807) is 0 Å². The van der Waals surface area contributed by atoms with Crippen molar-refractivity contribution >= 4 is 22.5 Å². The van der Waals surface area contributed by atoms with Gasteiger partial charge in [0.15, 0.2) is 0 Å². The van der Waals surface area contributed by atoms with E-state index in [9.17, 15) is 0 Å². The van der Waals surface area contributed by atoms with Gasteiger partial charge in [0.25, 0.3) is 0 Å². The fourth-order valence-corrected chi connectivity index (χ4v) is 2.95. The summed E-state index contributed by atoms with van der Waals surface area (Å²) in [5.41, 5.74) is 2.48. The molecular formula is C19H15N. The molecule has 0 aromatic heterocycles. The van der Waals surface area contributed by atoms with Crippen molar-refractivity contribution in [2.24, 2.45) is 0 Å². The summed E-state index contributed by atoms with van der Waals surface area (Å²) in [5.74, 6) is 0. The molecule has 1 heteroatoms. The predicted octanol–water partition coefficient (Wildman–Crippen LogP) is 2.38. The Kier molecular flexibility index (Phi) is 2.56. The van der Waals surface area contributed by atoms with E-state index in [4.69, 9.17) is 0 Å². The highest BCUT2D eigenvalue weighted by Crippen LogP contribution is 2.11. The molecule has 0 amide bonds. The maximum absolute atomic E-state index is 3.52. The Balaban J connectivity index is 2.14. The van der Waals surface area contributed by atoms with Gasteiger partial charge >= 0.3 is 0 Å². The highest BCUT2D eigenvalue weighted by molar-refractivity contribution is 5.85. The highest BCUT2D eigenvalue weighted by Gasteiger charge is 2.07. The topological polar surface area (TPSA) is 12.0 Å². The molecule has 1 aliphatic rings. The summed E-state index contributed by atoms with van der Waals surface area (Å²) < 4.78 is 0. The van der Waals surface area contributed by atoms with Crippen LogP contribution in [0.25, 0.3) is 22.5 Å². The molecule has 0 spiro atoms. The van der Waals surface area contributed by atoms with Crippen LogP contribution in [0.1, 0.15) is 5.56 Å². The average molecular weight is 257 g/mol. The van der Waals surface area contributed by atoms with Crippen LogP contribution in [0.2, 0.25) is 0 Å². The summed E-state index contributed by atoms with van der Waals surface area (Å²) in [6.07, 6.45) is 2.28. The third-order valence-corrected chi connectivity index (χ3v) is 3.89. The van der Waals surface area contributed by atoms with Crippen LogP contribution in [0.3, 0.4) is 0 Å². The van der Waals surface area contributed by atoms with Crippen LogP contribution in [-0.2, 0) is 0 Å². The third kappa shape index (κ3) is 1.71. The van der Waals surface area contributed by atoms with Gasteiger partial charge < -0.3 is 5.32 Å². The quantitative estimate of drug-likeness (QED) is 0.706. The van der Waals surface area contributed by atoms with Gasteiger partial charge in [-0.25, -0.2) is 0 Å². The minimum atomic E-state index is 0.880. The van der Waals surface area contributed by atoms with Crippen molar-refractivity contribution in [1.82, 2.24) is 5.32 Å². The van der Waals surface area contributed by atoms with E-state index >= 15 is 0 Å². The lowest BCUT2D eigenvalue weighted by atomic mass is 10.0. The lowest BCUT2D eigenvalue weighted by Crippen LogP contribution is -2.38. The van der Waals surface area contributed by atoms with Gasteiger partial charge in [-0.05, 0) is 21.6 Å².